The van der Waals surface area contributed by atoms with Gasteiger partial charge in [-0.15, -0.1) is 0 Å². The molecule has 0 atom stereocenters. The quantitative estimate of drug-likeness (QED) is 0.730. The molecule has 15 heavy (non-hydrogen) atoms. The van der Waals surface area contributed by atoms with Crippen molar-refractivity contribution in [3.63, 3.8) is 0 Å². The Morgan fingerprint density at radius 1 is 0.933 bits per heavy atom. The summed E-state index contributed by atoms with van der Waals surface area (Å²) in [5.74, 6) is 0. The van der Waals surface area contributed by atoms with Crippen LogP contribution >= 0.6 is 0 Å². The first-order valence-corrected chi connectivity index (χ1v) is 6.33. The van der Waals surface area contributed by atoms with Gasteiger partial charge < -0.3 is 10.6 Å². The minimum absolute atomic E-state index is 0.511. The van der Waals surface area contributed by atoms with Crippen LogP contribution < -0.4 is 10.6 Å². The highest BCUT2D eigenvalue weighted by Gasteiger charge is 2.39. The summed E-state index contributed by atoms with van der Waals surface area (Å²) in [6.45, 7) is 12.0. The summed E-state index contributed by atoms with van der Waals surface area (Å²) >= 11 is 0. The van der Waals surface area contributed by atoms with Crippen molar-refractivity contribution < 1.29 is 0 Å². The molecule has 1 saturated heterocycles. The van der Waals surface area contributed by atoms with Gasteiger partial charge in [-0.25, -0.2) is 0 Å². The van der Waals surface area contributed by atoms with Crippen LogP contribution in [0.5, 0.6) is 0 Å². The minimum atomic E-state index is 0.511. The Kier molecular flexibility index (Phi) is 2.85. The SMILES string of the molecule is CC1(C)CC(NC2CNC2)CC(C)(C)C1. The number of hydrogen-bond donors (Lipinski definition) is 2. The lowest BCUT2D eigenvalue weighted by Gasteiger charge is -2.47. The lowest BCUT2D eigenvalue weighted by atomic mass is 9.63. The number of hydrogen-bond acceptors (Lipinski definition) is 2. The topological polar surface area (TPSA) is 24.1 Å². The predicted molar refractivity (Wildman–Crippen MR) is 65.0 cm³/mol. The molecule has 2 aliphatic rings. The molecule has 1 heterocycles. The Bertz CT molecular complexity index is 213. The smallest absolute Gasteiger partial charge is 0.0319 e. The van der Waals surface area contributed by atoms with E-state index in [0.29, 0.717) is 10.8 Å². The fourth-order valence-electron chi connectivity index (χ4n) is 3.70. The van der Waals surface area contributed by atoms with Crippen molar-refractivity contribution in [1.82, 2.24) is 10.6 Å². The van der Waals surface area contributed by atoms with Gasteiger partial charge in [0.05, 0.1) is 0 Å². The van der Waals surface area contributed by atoms with Gasteiger partial charge in [0, 0.05) is 25.2 Å². The van der Waals surface area contributed by atoms with Crippen LogP contribution in [0.25, 0.3) is 0 Å². The molecule has 0 amide bonds. The molecular formula is C13H26N2. The standard InChI is InChI=1S/C13H26N2/c1-12(2)5-10(6-13(3,4)9-12)15-11-7-14-8-11/h10-11,14-15H,5-9H2,1-4H3. The maximum Gasteiger partial charge on any atom is 0.0319 e. The van der Waals surface area contributed by atoms with Crippen molar-refractivity contribution in [2.24, 2.45) is 10.8 Å². The average Bonchev–Trinajstić information content (AvgIpc) is 1.90. The van der Waals surface area contributed by atoms with E-state index < -0.39 is 0 Å². The van der Waals surface area contributed by atoms with Crippen LogP contribution in [0.4, 0.5) is 0 Å². The molecular weight excluding hydrogens is 184 g/mol. The van der Waals surface area contributed by atoms with Gasteiger partial charge in [-0.1, -0.05) is 27.7 Å². The van der Waals surface area contributed by atoms with E-state index in [2.05, 4.69) is 38.3 Å². The fourth-order valence-corrected chi connectivity index (χ4v) is 3.70. The zero-order valence-corrected chi connectivity index (χ0v) is 10.7. The lowest BCUT2D eigenvalue weighted by Crippen LogP contribution is -2.59. The fraction of sp³-hybridized carbons (Fsp3) is 1.00. The maximum atomic E-state index is 3.80. The Hall–Kier alpha value is -0.0800. The van der Waals surface area contributed by atoms with Crippen LogP contribution in [0, 0.1) is 10.8 Å². The van der Waals surface area contributed by atoms with Gasteiger partial charge in [0.25, 0.3) is 0 Å². The van der Waals surface area contributed by atoms with Crippen LogP contribution in [0.3, 0.4) is 0 Å². The second kappa shape index (κ2) is 3.74. The Balaban J connectivity index is 1.93. The minimum Gasteiger partial charge on any atom is -0.314 e. The van der Waals surface area contributed by atoms with Crippen molar-refractivity contribution in [3.8, 4) is 0 Å². The molecule has 2 heteroatoms. The Labute approximate surface area is 94.2 Å². The molecule has 0 aromatic carbocycles. The third kappa shape index (κ3) is 2.94. The summed E-state index contributed by atoms with van der Waals surface area (Å²) in [5.41, 5.74) is 1.02. The van der Waals surface area contributed by atoms with Crippen LogP contribution in [-0.2, 0) is 0 Å². The van der Waals surface area contributed by atoms with E-state index in [4.69, 9.17) is 0 Å². The third-order valence-electron chi connectivity index (χ3n) is 3.81. The molecule has 2 nitrogen and oxygen atoms in total. The van der Waals surface area contributed by atoms with Crippen LogP contribution in [-0.4, -0.2) is 25.2 Å². The highest BCUT2D eigenvalue weighted by atomic mass is 15.1. The second-order valence-electron chi connectivity index (χ2n) is 7.13. The summed E-state index contributed by atoms with van der Waals surface area (Å²) in [6.07, 6.45) is 4.04. The zero-order valence-electron chi connectivity index (χ0n) is 10.7. The van der Waals surface area contributed by atoms with E-state index in [-0.39, 0.29) is 0 Å². The highest BCUT2D eigenvalue weighted by Crippen LogP contribution is 2.45. The summed E-state index contributed by atoms with van der Waals surface area (Å²) in [5, 5.41) is 7.13. The van der Waals surface area contributed by atoms with E-state index >= 15 is 0 Å². The van der Waals surface area contributed by atoms with Crippen molar-refractivity contribution >= 4 is 0 Å². The summed E-state index contributed by atoms with van der Waals surface area (Å²) in [4.78, 5) is 0. The van der Waals surface area contributed by atoms with Gasteiger partial charge in [0.2, 0.25) is 0 Å². The molecule has 2 fully saturated rings. The first-order valence-electron chi connectivity index (χ1n) is 6.33. The highest BCUT2D eigenvalue weighted by molar-refractivity contribution is 4.95. The van der Waals surface area contributed by atoms with Crippen molar-refractivity contribution in [1.29, 1.82) is 0 Å². The normalized spacial score (nSPS) is 31.2. The molecule has 0 radical (unpaired) electrons. The van der Waals surface area contributed by atoms with Crippen molar-refractivity contribution in [2.45, 2.75) is 59.0 Å². The first-order chi connectivity index (χ1) is 6.86. The van der Waals surface area contributed by atoms with Gasteiger partial charge in [-0.2, -0.15) is 0 Å². The van der Waals surface area contributed by atoms with Crippen LogP contribution in [0.1, 0.15) is 47.0 Å². The molecule has 0 unspecified atom stereocenters. The van der Waals surface area contributed by atoms with Crippen molar-refractivity contribution in [3.05, 3.63) is 0 Å². The van der Waals surface area contributed by atoms with E-state index in [9.17, 15) is 0 Å². The molecule has 2 rings (SSSR count). The summed E-state index contributed by atoms with van der Waals surface area (Å²) in [6, 6.07) is 1.47. The van der Waals surface area contributed by atoms with Gasteiger partial charge in [0.15, 0.2) is 0 Å². The largest absolute Gasteiger partial charge is 0.314 e. The van der Waals surface area contributed by atoms with E-state index in [1.807, 2.05) is 0 Å². The molecule has 2 N–H and O–H groups in total. The monoisotopic (exact) mass is 210 g/mol. The molecule has 1 saturated carbocycles. The average molecular weight is 210 g/mol. The molecule has 1 aliphatic carbocycles. The molecule has 0 spiro atoms. The van der Waals surface area contributed by atoms with Crippen LogP contribution in [0.2, 0.25) is 0 Å². The van der Waals surface area contributed by atoms with Gasteiger partial charge in [-0.05, 0) is 30.1 Å². The molecule has 0 aromatic rings. The lowest BCUT2D eigenvalue weighted by molar-refractivity contribution is 0.0766. The van der Waals surface area contributed by atoms with Gasteiger partial charge >= 0.3 is 0 Å². The van der Waals surface area contributed by atoms with Gasteiger partial charge in [0.1, 0.15) is 0 Å². The molecule has 0 bridgehead atoms. The van der Waals surface area contributed by atoms with E-state index in [0.717, 1.165) is 25.2 Å². The molecule has 0 aromatic heterocycles. The predicted octanol–water partition coefficient (Wildman–Crippen LogP) is 2.15. The summed E-state index contributed by atoms with van der Waals surface area (Å²) in [7, 11) is 0. The molecule has 1 aliphatic heterocycles. The zero-order chi connectivity index (χ0) is 11.1. The number of nitrogens with one attached hydrogen (secondary N) is 2. The van der Waals surface area contributed by atoms with E-state index in [1.54, 1.807) is 0 Å². The Morgan fingerprint density at radius 3 is 1.87 bits per heavy atom. The second-order valence-corrected chi connectivity index (χ2v) is 7.13. The van der Waals surface area contributed by atoms with E-state index in [1.165, 1.54) is 19.3 Å². The number of rotatable bonds is 2. The molecule has 88 valence electrons. The van der Waals surface area contributed by atoms with Crippen LogP contribution in [0.15, 0.2) is 0 Å². The van der Waals surface area contributed by atoms with Crippen molar-refractivity contribution in [2.75, 3.05) is 13.1 Å². The maximum absolute atomic E-state index is 3.80. The van der Waals surface area contributed by atoms with Gasteiger partial charge in [-0.3, -0.25) is 0 Å². The summed E-state index contributed by atoms with van der Waals surface area (Å²) < 4.78 is 0. The third-order valence-corrected chi connectivity index (χ3v) is 3.81. The first kappa shape index (κ1) is 11.4. The Morgan fingerprint density at radius 2 is 1.47 bits per heavy atom.